The average Bonchev–Trinajstić information content (AvgIpc) is 2.80. The van der Waals surface area contributed by atoms with Crippen molar-refractivity contribution in [1.82, 2.24) is 0 Å². The molecule has 2 aromatic carbocycles. The van der Waals surface area contributed by atoms with Crippen molar-refractivity contribution in [3.63, 3.8) is 0 Å². The Morgan fingerprint density at radius 3 is 1.15 bits per heavy atom. The van der Waals surface area contributed by atoms with Gasteiger partial charge in [-0.2, -0.15) is 0 Å². The zero-order valence-electron chi connectivity index (χ0n) is 27.7. The van der Waals surface area contributed by atoms with Crippen molar-refractivity contribution >= 4 is 12.4 Å². The molecule has 5 heteroatoms. The fourth-order valence-electron chi connectivity index (χ4n) is 5.37. The fraction of sp³-hybridized carbons (Fsp3) is 0.611. The van der Waals surface area contributed by atoms with Gasteiger partial charge in [0.05, 0.1) is 34.3 Å². The molecule has 0 bridgehead atoms. The summed E-state index contributed by atoms with van der Waals surface area (Å²) in [4.78, 5) is 10.2. The molecule has 0 aliphatic heterocycles. The Bertz CT molecular complexity index is 1170. The molecule has 4 nitrogen and oxygen atoms in total. The average molecular weight is 608 g/mol. The van der Waals surface area contributed by atoms with E-state index in [0.29, 0.717) is 11.5 Å². The van der Waals surface area contributed by atoms with Crippen LogP contribution in [-0.4, -0.2) is 34.7 Å². The molecule has 1 aliphatic rings. The summed E-state index contributed by atoms with van der Waals surface area (Å²) >= 11 is 0. The molecule has 0 spiro atoms. The first kappa shape index (κ1) is 35.1. The molecule has 0 saturated heterocycles. The molecule has 41 heavy (non-hydrogen) atoms. The monoisotopic (exact) mass is 607 g/mol. The number of hydrogen-bond acceptors (Lipinski definition) is 2. The van der Waals surface area contributed by atoms with Crippen molar-refractivity contribution < 1.29 is 27.0 Å². The van der Waals surface area contributed by atoms with Crippen molar-refractivity contribution in [2.45, 2.75) is 143 Å². The third-order valence-electron chi connectivity index (χ3n) is 8.19. The molecule has 1 fully saturated rings. The predicted molar refractivity (Wildman–Crippen MR) is 175 cm³/mol. The Kier molecular flexibility index (Phi) is 10.8. The van der Waals surface area contributed by atoms with E-state index in [1.807, 2.05) is 12.4 Å². The molecule has 0 heterocycles. The van der Waals surface area contributed by atoms with Crippen LogP contribution in [0.5, 0.6) is 11.5 Å². The van der Waals surface area contributed by atoms with Crippen LogP contribution in [0.1, 0.15) is 142 Å². The van der Waals surface area contributed by atoms with Crippen LogP contribution in [0.2, 0.25) is 0 Å². The second kappa shape index (κ2) is 12.6. The van der Waals surface area contributed by atoms with E-state index < -0.39 is 0 Å². The van der Waals surface area contributed by atoms with Crippen molar-refractivity contribution in [2.75, 3.05) is 0 Å². The van der Waals surface area contributed by atoms with Crippen molar-refractivity contribution in [2.24, 2.45) is 9.98 Å². The Hall–Kier alpha value is -2.11. The summed E-state index contributed by atoms with van der Waals surface area (Å²) in [5, 5.41) is 18.0. The van der Waals surface area contributed by atoms with Crippen LogP contribution in [0.4, 0.5) is 0 Å². The van der Waals surface area contributed by atoms with Crippen LogP contribution in [-0.2, 0) is 38.4 Å². The molecule has 0 amide bonds. The molecule has 2 atom stereocenters. The van der Waals surface area contributed by atoms with Gasteiger partial charge < -0.3 is 10.2 Å². The third kappa shape index (κ3) is 8.70. The Morgan fingerprint density at radius 1 is 0.561 bits per heavy atom. The Labute approximate surface area is 260 Å². The number of benzene rings is 2. The molecule has 1 saturated carbocycles. The summed E-state index contributed by atoms with van der Waals surface area (Å²) in [6.07, 6.45) is 8.18. The van der Waals surface area contributed by atoms with Crippen molar-refractivity contribution in [1.29, 1.82) is 0 Å². The van der Waals surface area contributed by atoms with E-state index in [0.717, 1.165) is 47.9 Å². The van der Waals surface area contributed by atoms with Gasteiger partial charge in [0.2, 0.25) is 0 Å². The van der Waals surface area contributed by atoms with E-state index >= 15 is 0 Å². The largest absolute Gasteiger partial charge is 0.593 e. The second-order valence-electron chi connectivity index (χ2n) is 16.0. The van der Waals surface area contributed by atoms with Gasteiger partial charge >= 0.3 is 0 Å². The number of hydrogen-bond donors (Lipinski definition) is 0. The van der Waals surface area contributed by atoms with Crippen LogP contribution in [0.25, 0.3) is 0 Å². The summed E-state index contributed by atoms with van der Waals surface area (Å²) in [5.74, 6) is 1.15. The molecule has 0 unspecified atom stereocenters. The van der Waals surface area contributed by atoms with Gasteiger partial charge in [0, 0.05) is 29.2 Å². The van der Waals surface area contributed by atoms with Gasteiger partial charge in [-0.3, -0.25) is 9.98 Å². The van der Waals surface area contributed by atoms with E-state index in [1.54, 1.807) is 0 Å². The van der Waals surface area contributed by atoms with Gasteiger partial charge in [0.1, 0.15) is 0 Å². The first-order valence-electron chi connectivity index (χ1n) is 15.1. The molecule has 229 valence electrons. The topological polar surface area (TPSA) is 70.5 Å². The Balaban J connectivity index is 0.00000588. The number of rotatable bonds is 4. The number of nitrogens with zero attached hydrogens (tertiary/aromatic N) is 2. The van der Waals surface area contributed by atoms with Crippen LogP contribution < -0.4 is 0 Å². The summed E-state index contributed by atoms with van der Waals surface area (Å²) < 4.78 is 0. The van der Waals surface area contributed by atoms with Crippen LogP contribution >= 0.6 is 0 Å². The van der Waals surface area contributed by atoms with E-state index in [2.05, 4.69) is 107 Å². The van der Waals surface area contributed by atoms with Gasteiger partial charge in [-0.15, -0.1) is 0 Å². The maximum absolute atomic E-state index is 8.99. The summed E-state index contributed by atoms with van der Waals surface area (Å²) in [6, 6.07) is 8.90. The molecule has 1 aliphatic carbocycles. The maximum Gasteiger partial charge on any atom is 0.266 e. The standard InChI is InChI=1S/C36H54N2O2.Co/c1-33(2,3)25-17-23(31(39)27(19-25)35(7,8)9)21-37-29-15-13-14-16-30(29)38-22-24-18-26(34(4,5)6)20-28(32(24)40)36(10,11)12;/h17-22,29-30,39-40H,13-16H2,1-12H3;/p+2/t29-,30-;/m1./s1. The minimum Gasteiger partial charge on any atom is -0.593 e. The fourth-order valence-corrected chi connectivity index (χ4v) is 5.37. The normalized spacial score (nSPS) is 19.1. The number of aliphatic imine (C=N–C) groups is 2. The molecule has 2 aromatic rings. The molecular formula is C36H56CoN2O2+2. The Morgan fingerprint density at radius 2 is 0.878 bits per heavy atom. The minimum absolute atomic E-state index is 0. The summed E-state index contributed by atoms with van der Waals surface area (Å²) in [7, 11) is 0. The van der Waals surface area contributed by atoms with Gasteiger partial charge in [0.15, 0.2) is 0 Å². The summed E-state index contributed by atoms with van der Waals surface area (Å²) in [5.41, 5.74) is 6.17. The molecule has 4 N–H and O–H groups in total. The van der Waals surface area contributed by atoms with Crippen LogP contribution in [0.15, 0.2) is 34.3 Å². The van der Waals surface area contributed by atoms with Gasteiger partial charge in [-0.25, -0.2) is 0 Å². The smallest absolute Gasteiger partial charge is 0.266 e. The van der Waals surface area contributed by atoms with Crippen LogP contribution in [0.3, 0.4) is 0 Å². The van der Waals surface area contributed by atoms with Gasteiger partial charge in [-0.05, 0) is 69.9 Å². The van der Waals surface area contributed by atoms with E-state index in [9.17, 15) is 0 Å². The minimum atomic E-state index is -0.111. The first-order valence-corrected chi connectivity index (χ1v) is 15.1. The second-order valence-corrected chi connectivity index (χ2v) is 16.0. The third-order valence-corrected chi connectivity index (χ3v) is 8.19. The zero-order valence-corrected chi connectivity index (χ0v) is 28.7. The molecular weight excluding hydrogens is 551 g/mol. The predicted octanol–water partition coefficient (Wildman–Crippen LogP) is 8.60. The molecule has 1 radical (unpaired) electrons. The maximum atomic E-state index is 8.99. The van der Waals surface area contributed by atoms with Crippen molar-refractivity contribution in [3.05, 3.63) is 57.6 Å². The molecule has 3 rings (SSSR count). The zero-order chi connectivity index (χ0) is 30.3. The van der Waals surface area contributed by atoms with Gasteiger partial charge in [-0.1, -0.05) is 95.9 Å². The van der Waals surface area contributed by atoms with Crippen molar-refractivity contribution in [3.8, 4) is 11.5 Å². The van der Waals surface area contributed by atoms with E-state index in [4.69, 9.17) is 20.2 Å². The van der Waals surface area contributed by atoms with Crippen LogP contribution in [0, 0.1) is 0 Å². The first-order chi connectivity index (χ1) is 18.2. The van der Waals surface area contributed by atoms with Gasteiger partial charge in [0.25, 0.3) is 11.5 Å². The molecule has 0 aromatic heterocycles. The van der Waals surface area contributed by atoms with E-state index in [-0.39, 0.29) is 50.5 Å². The quantitative estimate of drug-likeness (QED) is 0.247. The van der Waals surface area contributed by atoms with E-state index in [1.165, 1.54) is 11.1 Å². The summed E-state index contributed by atoms with van der Waals surface area (Å²) in [6.45, 7) is 26.4. The SMILES string of the molecule is CC(C)(C)c1cc(C=N[C@@H]2CCCC[C@H]2N=Cc2cc(C(C)(C)C)cc(C(C)(C)C)c2[OH2+])c([OH2+])c(C(C)(C)C)c1.[Co].